The van der Waals surface area contributed by atoms with Gasteiger partial charge in [-0.1, -0.05) is 12.1 Å². The van der Waals surface area contributed by atoms with Gasteiger partial charge in [-0.05, 0) is 31.1 Å². The zero-order valence-electron chi connectivity index (χ0n) is 16.6. The highest BCUT2D eigenvalue weighted by atomic mass is 16.2. The fourth-order valence-electron chi connectivity index (χ4n) is 3.35. The molecule has 5 rings (SSSR count). The van der Waals surface area contributed by atoms with Crippen LogP contribution in [-0.2, 0) is 4.79 Å². The molecule has 0 radical (unpaired) electrons. The number of urea groups is 1. The molecule has 3 amide bonds. The van der Waals surface area contributed by atoms with E-state index in [1.165, 1.54) is 0 Å². The summed E-state index contributed by atoms with van der Waals surface area (Å²) in [6.07, 6.45) is 5.49. The number of carbonyl (C=O) groups excluding carboxylic acids is 2. The van der Waals surface area contributed by atoms with Crippen molar-refractivity contribution in [3.8, 4) is 11.3 Å². The molecule has 1 aromatic carbocycles. The minimum atomic E-state index is -0.534. The molecule has 1 saturated carbocycles. The van der Waals surface area contributed by atoms with Crippen LogP contribution in [0.2, 0.25) is 0 Å². The van der Waals surface area contributed by atoms with Crippen LogP contribution in [0.3, 0.4) is 0 Å². The van der Waals surface area contributed by atoms with E-state index in [0.29, 0.717) is 17.3 Å². The Morgan fingerprint density at radius 3 is 2.73 bits per heavy atom. The van der Waals surface area contributed by atoms with Crippen LogP contribution < -0.4 is 20.9 Å². The monoisotopic (exact) mass is 403 g/mol. The first kappa shape index (κ1) is 18.2. The number of hydrogen-bond donors (Lipinski definition) is 3. The fourth-order valence-corrected chi connectivity index (χ4v) is 3.35. The summed E-state index contributed by atoms with van der Waals surface area (Å²) in [5, 5.41) is 12.7. The van der Waals surface area contributed by atoms with Crippen molar-refractivity contribution >= 4 is 35.2 Å². The topological polar surface area (TPSA) is 104 Å². The van der Waals surface area contributed by atoms with E-state index in [1.807, 2.05) is 43.3 Å². The molecular formula is C21H21N7O2. The fraction of sp³-hybridized carbons (Fsp3) is 0.238. The lowest BCUT2D eigenvalue weighted by molar-refractivity contribution is -0.115. The molecule has 152 valence electrons. The third kappa shape index (κ3) is 3.34. The molecular weight excluding hydrogens is 382 g/mol. The number of hydrogen-bond acceptors (Lipinski definition) is 6. The Bertz CT molecular complexity index is 1210. The molecule has 0 bridgehead atoms. The van der Waals surface area contributed by atoms with E-state index in [9.17, 15) is 9.59 Å². The molecule has 0 unspecified atom stereocenters. The van der Waals surface area contributed by atoms with Gasteiger partial charge >= 0.3 is 6.03 Å². The van der Waals surface area contributed by atoms with E-state index < -0.39 is 11.9 Å². The molecule has 0 atom stereocenters. The number of carbonyl (C=O) groups is 2. The molecule has 2 aromatic heterocycles. The van der Waals surface area contributed by atoms with E-state index in [2.05, 4.69) is 27.1 Å². The van der Waals surface area contributed by atoms with Crippen LogP contribution in [0.1, 0.15) is 18.4 Å². The van der Waals surface area contributed by atoms with Gasteiger partial charge in [-0.25, -0.2) is 9.78 Å². The van der Waals surface area contributed by atoms with Crippen LogP contribution in [0.25, 0.3) is 23.0 Å². The van der Waals surface area contributed by atoms with Crippen molar-refractivity contribution in [1.29, 1.82) is 0 Å². The van der Waals surface area contributed by atoms with Crippen LogP contribution in [0, 0.1) is 0 Å². The predicted molar refractivity (Wildman–Crippen MR) is 114 cm³/mol. The number of benzene rings is 1. The number of anilines is 2. The number of amides is 3. The smallest absolute Gasteiger partial charge is 0.326 e. The maximum atomic E-state index is 11.9. The van der Waals surface area contributed by atoms with Crippen LogP contribution in [0.5, 0.6) is 0 Å². The highest BCUT2D eigenvalue weighted by Crippen LogP contribution is 2.30. The molecule has 9 heteroatoms. The van der Waals surface area contributed by atoms with Crippen molar-refractivity contribution in [3.05, 3.63) is 47.8 Å². The summed E-state index contributed by atoms with van der Waals surface area (Å²) in [6.45, 7) is 0. The van der Waals surface area contributed by atoms with Crippen molar-refractivity contribution in [2.45, 2.75) is 18.9 Å². The van der Waals surface area contributed by atoms with E-state index in [-0.39, 0.29) is 5.70 Å². The van der Waals surface area contributed by atoms with Crippen LogP contribution in [-0.4, -0.2) is 46.7 Å². The van der Waals surface area contributed by atoms with Crippen LogP contribution >= 0.6 is 0 Å². The zero-order chi connectivity index (χ0) is 20.8. The van der Waals surface area contributed by atoms with Crippen molar-refractivity contribution < 1.29 is 9.59 Å². The lowest BCUT2D eigenvalue weighted by Gasteiger charge is -2.14. The minimum Gasteiger partial charge on any atom is -0.378 e. The predicted octanol–water partition coefficient (Wildman–Crippen LogP) is 2.22. The van der Waals surface area contributed by atoms with Gasteiger partial charge in [-0.3, -0.25) is 10.1 Å². The maximum absolute atomic E-state index is 11.9. The van der Waals surface area contributed by atoms with Crippen molar-refractivity contribution in [1.82, 2.24) is 25.2 Å². The summed E-state index contributed by atoms with van der Waals surface area (Å²) < 4.78 is 1.73. The lowest BCUT2D eigenvalue weighted by atomic mass is 10.1. The van der Waals surface area contributed by atoms with Gasteiger partial charge in [-0.15, -0.1) is 0 Å². The second kappa shape index (κ2) is 6.87. The summed E-state index contributed by atoms with van der Waals surface area (Å²) in [6, 6.07) is 10.0. The average molecular weight is 403 g/mol. The van der Waals surface area contributed by atoms with Gasteiger partial charge in [0.2, 0.25) is 0 Å². The standard InChI is InChI=1S/C21H21N7O2/c1-27(2)15-5-3-4-12(8-15)16-10-18(23-14-6-7-14)28-19(24-16)13(11-22-28)9-17-20(29)26-21(30)25-17/h3-5,8-11,14,23H,6-7H2,1-2H3,(H2,25,26,29,30)/b17-9+. The summed E-state index contributed by atoms with van der Waals surface area (Å²) in [4.78, 5) is 30.2. The molecule has 3 N–H and O–H groups in total. The molecule has 30 heavy (non-hydrogen) atoms. The number of fused-ring (bicyclic) bond motifs is 1. The maximum Gasteiger partial charge on any atom is 0.326 e. The molecule has 2 fully saturated rings. The molecule has 1 saturated heterocycles. The lowest BCUT2D eigenvalue weighted by Crippen LogP contribution is -2.22. The summed E-state index contributed by atoms with van der Waals surface area (Å²) in [5.74, 6) is 0.378. The molecule has 3 aromatic rings. The van der Waals surface area contributed by atoms with Gasteiger partial charge in [-0.2, -0.15) is 9.61 Å². The summed E-state index contributed by atoms with van der Waals surface area (Å²) in [7, 11) is 4.00. The van der Waals surface area contributed by atoms with Gasteiger partial charge in [0.1, 0.15) is 11.5 Å². The number of imide groups is 1. The van der Waals surface area contributed by atoms with Crippen LogP contribution in [0.15, 0.2) is 42.2 Å². The first-order chi connectivity index (χ1) is 14.5. The van der Waals surface area contributed by atoms with E-state index in [1.54, 1.807) is 16.8 Å². The van der Waals surface area contributed by atoms with E-state index in [0.717, 1.165) is 35.6 Å². The second-order valence-electron chi connectivity index (χ2n) is 7.69. The average Bonchev–Trinajstić information content (AvgIpc) is 3.36. The molecule has 3 heterocycles. The largest absolute Gasteiger partial charge is 0.378 e. The van der Waals surface area contributed by atoms with E-state index >= 15 is 0 Å². The van der Waals surface area contributed by atoms with Gasteiger partial charge in [0.25, 0.3) is 5.91 Å². The quantitative estimate of drug-likeness (QED) is 0.446. The SMILES string of the molecule is CN(C)c1cccc(-c2cc(NC3CC3)n3ncc(/C=C4/NC(=O)NC4=O)c3n2)c1. The normalized spacial score (nSPS) is 17.3. The molecule has 1 aliphatic carbocycles. The molecule has 2 aliphatic rings. The number of nitrogens with zero attached hydrogens (tertiary/aromatic N) is 4. The molecule has 1 aliphatic heterocycles. The Morgan fingerprint density at radius 2 is 2.03 bits per heavy atom. The number of nitrogens with one attached hydrogen (secondary N) is 3. The van der Waals surface area contributed by atoms with Crippen molar-refractivity contribution in [3.63, 3.8) is 0 Å². The molecule has 0 spiro atoms. The highest BCUT2D eigenvalue weighted by Gasteiger charge is 2.25. The van der Waals surface area contributed by atoms with Gasteiger partial charge in [0, 0.05) is 43.0 Å². The van der Waals surface area contributed by atoms with E-state index in [4.69, 9.17) is 4.98 Å². The minimum absolute atomic E-state index is 0.174. The van der Waals surface area contributed by atoms with Crippen molar-refractivity contribution in [2.75, 3.05) is 24.3 Å². The summed E-state index contributed by atoms with van der Waals surface area (Å²) in [5.41, 5.74) is 4.28. The molecule has 9 nitrogen and oxygen atoms in total. The first-order valence-electron chi connectivity index (χ1n) is 9.75. The Morgan fingerprint density at radius 1 is 1.20 bits per heavy atom. The van der Waals surface area contributed by atoms with Crippen LogP contribution in [0.4, 0.5) is 16.3 Å². The zero-order valence-corrected chi connectivity index (χ0v) is 16.6. The van der Waals surface area contributed by atoms with Gasteiger partial charge in [0.05, 0.1) is 11.9 Å². The Labute approximate surface area is 172 Å². The number of rotatable bonds is 5. The van der Waals surface area contributed by atoms with Gasteiger partial charge in [0.15, 0.2) is 5.65 Å². The Hall–Kier alpha value is -3.88. The highest BCUT2D eigenvalue weighted by molar-refractivity contribution is 6.14. The summed E-state index contributed by atoms with van der Waals surface area (Å²) >= 11 is 0. The number of aromatic nitrogens is 3. The third-order valence-corrected chi connectivity index (χ3v) is 5.11. The first-order valence-corrected chi connectivity index (χ1v) is 9.75. The Kier molecular flexibility index (Phi) is 4.16. The third-order valence-electron chi connectivity index (χ3n) is 5.11. The Balaban J connectivity index is 1.65. The van der Waals surface area contributed by atoms with Gasteiger partial charge < -0.3 is 15.5 Å². The van der Waals surface area contributed by atoms with Crippen molar-refractivity contribution in [2.24, 2.45) is 0 Å². The second-order valence-corrected chi connectivity index (χ2v) is 7.69.